The average molecular weight is 286 g/mol. The van der Waals surface area contributed by atoms with E-state index in [0.29, 0.717) is 29.3 Å². The summed E-state index contributed by atoms with van der Waals surface area (Å²) in [4.78, 5) is 21.6. The van der Waals surface area contributed by atoms with Gasteiger partial charge in [0.15, 0.2) is 11.3 Å². The number of hydrogen-bond acceptors (Lipinski definition) is 5. The standard InChI is InChI=1S/C14H18N6O/c21-12-3-4-15-7-10(12)13-17-14(19-18-13)20-5-1-2-9-6-16-8-11(9)20/h3-4,7,9,11,16H,1-2,5-6,8H2,(H,15,21)(H,17,18,19). The van der Waals surface area contributed by atoms with Crippen molar-refractivity contribution in [2.24, 2.45) is 5.92 Å². The van der Waals surface area contributed by atoms with Crippen LogP contribution in [0, 0.1) is 5.92 Å². The largest absolute Gasteiger partial charge is 0.367 e. The number of nitrogens with one attached hydrogen (secondary N) is 3. The first-order valence-electron chi connectivity index (χ1n) is 7.40. The van der Waals surface area contributed by atoms with Crippen LogP contribution in [0.25, 0.3) is 11.4 Å². The lowest BCUT2D eigenvalue weighted by Gasteiger charge is -2.36. The summed E-state index contributed by atoms with van der Waals surface area (Å²) >= 11 is 0. The van der Waals surface area contributed by atoms with Gasteiger partial charge < -0.3 is 15.2 Å². The molecule has 0 radical (unpaired) electrons. The van der Waals surface area contributed by atoms with E-state index in [-0.39, 0.29) is 5.43 Å². The van der Waals surface area contributed by atoms with Crippen molar-refractivity contribution in [2.75, 3.05) is 24.5 Å². The van der Waals surface area contributed by atoms with Gasteiger partial charge in [0.1, 0.15) is 0 Å². The lowest BCUT2D eigenvalue weighted by Crippen LogP contribution is -2.45. The van der Waals surface area contributed by atoms with Gasteiger partial charge in [-0.25, -0.2) is 0 Å². The summed E-state index contributed by atoms with van der Waals surface area (Å²) in [6.45, 7) is 3.04. The maximum absolute atomic E-state index is 11.9. The topological polar surface area (TPSA) is 89.7 Å². The van der Waals surface area contributed by atoms with Gasteiger partial charge in [-0.05, 0) is 18.8 Å². The lowest BCUT2D eigenvalue weighted by atomic mass is 9.92. The SMILES string of the molecule is O=c1cc[nH]cc1-c1nc(N2CCCC3CNCC32)n[nH]1. The first-order valence-corrected chi connectivity index (χ1v) is 7.40. The van der Waals surface area contributed by atoms with Crippen LogP contribution in [0.3, 0.4) is 0 Å². The van der Waals surface area contributed by atoms with Gasteiger partial charge in [-0.2, -0.15) is 4.98 Å². The molecule has 0 aliphatic carbocycles. The minimum atomic E-state index is -0.0597. The van der Waals surface area contributed by atoms with Crippen molar-refractivity contribution in [3.05, 3.63) is 28.7 Å². The van der Waals surface area contributed by atoms with E-state index >= 15 is 0 Å². The second-order valence-corrected chi connectivity index (χ2v) is 5.73. The number of aromatic amines is 2. The van der Waals surface area contributed by atoms with Crippen molar-refractivity contribution in [2.45, 2.75) is 18.9 Å². The molecule has 2 unspecified atom stereocenters. The van der Waals surface area contributed by atoms with Crippen LogP contribution in [0.2, 0.25) is 0 Å². The number of nitrogens with zero attached hydrogens (tertiary/aromatic N) is 3. The predicted molar refractivity (Wildman–Crippen MR) is 79.2 cm³/mol. The van der Waals surface area contributed by atoms with Crippen molar-refractivity contribution in [3.63, 3.8) is 0 Å². The number of aromatic nitrogens is 4. The Labute approximate surface area is 121 Å². The summed E-state index contributed by atoms with van der Waals surface area (Å²) in [5, 5.41) is 10.7. The molecule has 7 nitrogen and oxygen atoms in total. The second kappa shape index (κ2) is 5.00. The molecule has 2 aromatic rings. The van der Waals surface area contributed by atoms with Crippen molar-refractivity contribution >= 4 is 5.95 Å². The van der Waals surface area contributed by atoms with Crippen LogP contribution >= 0.6 is 0 Å². The van der Waals surface area contributed by atoms with Gasteiger partial charge in [0.05, 0.1) is 5.56 Å². The van der Waals surface area contributed by atoms with E-state index in [9.17, 15) is 4.79 Å². The molecule has 0 saturated carbocycles. The Bertz CT molecular complexity index is 693. The van der Waals surface area contributed by atoms with Gasteiger partial charge in [0, 0.05) is 44.1 Å². The first kappa shape index (κ1) is 12.6. The summed E-state index contributed by atoms with van der Waals surface area (Å²) < 4.78 is 0. The molecule has 0 aromatic carbocycles. The fourth-order valence-electron chi connectivity index (χ4n) is 3.42. The molecule has 3 N–H and O–H groups in total. The van der Waals surface area contributed by atoms with E-state index in [1.807, 2.05) is 0 Å². The number of H-pyrrole nitrogens is 2. The molecule has 7 heteroatoms. The van der Waals surface area contributed by atoms with Gasteiger partial charge in [-0.1, -0.05) is 0 Å². The molecule has 2 aromatic heterocycles. The van der Waals surface area contributed by atoms with E-state index in [4.69, 9.17) is 0 Å². The quantitative estimate of drug-likeness (QED) is 0.741. The molecule has 0 amide bonds. The average Bonchev–Trinajstić information content (AvgIpc) is 3.16. The van der Waals surface area contributed by atoms with E-state index in [2.05, 4.69) is 30.4 Å². The van der Waals surface area contributed by atoms with Gasteiger partial charge >= 0.3 is 0 Å². The maximum atomic E-state index is 11.9. The van der Waals surface area contributed by atoms with E-state index in [0.717, 1.165) is 19.6 Å². The third-order valence-corrected chi connectivity index (χ3v) is 4.49. The van der Waals surface area contributed by atoms with Crippen LogP contribution in [0.4, 0.5) is 5.95 Å². The molecule has 2 aliphatic rings. The summed E-state index contributed by atoms with van der Waals surface area (Å²) in [6.07, 6.45) is 5.70. The third-order valence-electron chi connectivity index (χ3n) is 4.49. The highest BCUT2D eigenvalue weighted by Gasteiger charge is 2.36. The van der Waals surface area contributed by atoms with Gasteiger partial charge in [0.2, 0.25) is 5.95 Å². The van der Waals surface area contributed by atoms with E-state index in [1.54, 1.807) is 12.4 Å². The monoisotopic (exact) mass is 286 g/mol. The van der Waals surface area contributed by atoms with Crippen LogP contribution in [0.1, 0.15) is 12.8 Å². The van der Waals surface area contributed by atoms with Crippen molar-refractivity contribution in [3.8, 4) is 11.4 Å². The third kappa shape index (κ3) is 2.13. The number of pyridine rings is 1. The van der Waals surface area contributed by atoms with Gasteiger partial charge in [-0.15, -0.1) is 5.10 Å². The molecule has 2 atom stereocenters. The molecule has 21 heavy (non-hydrogen) atoms. The fraction of sp³-hybridized carbons (Fsp3) is 0.500. The summed E-state index contributed by atoms with van der Waals surface area (Å²) in [7, 11) is 0. The number of rotatable bonds is 2. The smallest absolute Gasteiger partial charge is 0.245 e. The molecule has 110 valence electrons. The van der Waals surface area contributed by atoms with Crippen LogP contribution in [-0.4, -0.2) is 45.8 Å². The molecule has 0 spiro atoms. The Balaban J connectivity index is 1.65. The predicted octanol–water partition coefficient (Wildman–Crippen LogP) is 0.348. The molecular weight excluding hydrogens is 268 g/mol. The fourth-order valence-corrected chi connectivity index (χ4v) is 3.42. The summed E-state index contributed by atoms with van der Waals surface area (Å²) in [6, 6.07) is 1.96. The number of fused-ring (bicyclic) bond motifs is 1. The van der Waals surface area contributed by atoms with Crippen LogP contribution in [0.5, 0.6) is 0 Å². The normalized spacial score (nSPS) is 25.0. The zero-order valence-electron chi connectivity index (χ0n) is 11.7. The van der Waals surface area contributed by atoms with Crippen molar-refractivity contribution in [1.29, 1.82) is 0 Å². The minimum Gasteiger partial charge on any atom is -0.367 e. The first-order chi connectivity index (χ1) is 10.3. The Kier molecular flexibility index (Phi) is 2.99. The highest BCUT2D eigenvalue weighted by atomic mass is 16.1. The van der Waals surface area contributed by atoms with Crippen molar-refractivity contribution in [1.82, 2.24) is 25.5 Å². The number of anilines is 1. The molecule has 2 aliphatic heterocycles. The van der Waals surface area contributed by atoms with Crippen LogP contribution in [0.15, 0.2) is 23.3 Å². The molecule has 4 heterocycles. The summed E-state index contributed by atoms with van der Waals surface area (Å²) in [5.74, 6) is 1.91. The Hall–Kier alpha value is -2.15. The summed E-state index contributed by atoms with van der Waals surface area (Å²) in [5.41, 5.74) is 0.463. The Morgan fingerprint density at radius 2 is 2.29 bits per heavy atom. The lowest BCUT2D eigenvalue weighted by molar-refractivity contribution is 0.381. The van der Waals surface area contributed by atoms with Crippen LogP contribution in [-0.2, 0) is 0 Å². The highest BCUT2D eigenvalue weighted by Crippen LogP contribution is 2.29. The Morgan fingerprint density at radius 1 is 1.33 bits per heavy atom. The van der Waals surface area contributed by atoms with Crippen molar-refractivity contribution < 1.29 is 0 Å². The van der Waals surface area contributed by atoms with E-state index in [1.165, 1.54) is 18.9 Å². The zero-order chi connectivity index (χ0) is 14.2. The highest BCUT2D eigenvalue weighted by molar-refractivity contribution is 5.54. The number of piperidine rings is 1. The van der Waals surface area contributed by atoms with Crippen LogP contribution < -0.4 is 15.6 Å². The van der Waals surface area contributed by atoms with Gasteiger partial charge in [0.25, 0.3) is 0 Å². The van der Waals surface area contributed by atoms with E-state index < -0.39 is 0 Å². The number of hydrogen-bond donors (Lipinski definition) is 3. The molecule has 2 fully saturated rings. The minimum absolute atomic E-state index is 0.0597. The molecule has 0 bridgehead atoms. The second-order valence-electron chi connectivity index (χ2n) is 5.73. The molecular formula is C14H18N6O. The molecule has 4 rings (SSSR count). The maximum Gasteiger partial charge on any atom is 0.245 e. The Morgan fingerprint density at radius 3 is 3.19 bits per heavy atom. The zero-order valence-corrected chi connectivity index (χ0v) is 11.7. The molecule has 2 saturated heterocycles. The van der Waals surface area contributed by atoms with Gasteiger partial charge in [-0.3, -0.25) is 9.89 Å².